The number of hydrogen-bond acceptors (Lipinski definition) is 11. The van der Waals surface area contributed by atoms with Gasteiger partial charge in [-0.1, -0.05) is 5.21 Å². The third kappa shape index (κ3) is 6.06. The summed E-state index contributed by atoms with van der Waals surface area (Å²) in [5.74, 6) is 1.78. The molecule has 1 saturated carbocycles. The summed E-state index contributed by atoms with van der Waals surface area (Å²) in [5.41, 5.74) is 8.84. The van der Waals surface area contributed by atoms with Gasteiger partial charge in [-0.05, 0) is 45.1 Å². The van der Waals surface area contributed by atoms with E-state index in [0.29, 0.717) is 43.1 Å². The van der Waals surface area contributed by atoms with Gasteiger partial charge in [-0.2, -0.15) is 15.2 Å². The molecule has 1 saturated heterocycles. The number of nitrogens with two attached hydrogens (primary N) is 1. The molecule has 3 aromatic rings. The molecule has 13 heteroatoms. The Balaban J connectivity index is 1.21. The van der Waals surface area contributed by atoms with Crippen LogP contribution in [-0.4, -0.2) is 68.7 Å². The van der Waals surface area contributed by atoms with Crippen LogP contribution in [-0.2, 0) is 7.05 Å². The smallest absolute Gasteiger partial charge is 0.319 e. The zero-order chi connectivity index (χ0) is 28.2. The van der Waals surface area contributed by atoms with Crippen LogP contribution in [0.5, 0.6) is 11.8 Å². The SMILES string of the molecule is CCNC(=O)c1cc(N2CCC(COc3cc(-c4nnn(C)c4C)cnc3N)CC2)nc(OC[C@H]2C[C@H]2C#N)n1. The van der Waals surface area contributed by atoms with Gasteiger partial charge in [0.2, 0.25) is 0 Å². The Hall–Kier alpha value is -4.47. The molecular weight excluding hydrogens is 512 g/mol. The van der Waals surface area contributed by atoms with Gasteiger partial charge in [0.25, 0.3) is 5.91 Å². The molecule has 40 heavy (non-hydrogen) atoms. The van der Waals surface area contributed by atoms with Crippen molar-refractivity contribution in [3.8, 4) is 29.1 Å². The highest BCUT2D eigenvalue weighted by atomic mass is 16.5. The van der Waals surface area contributed by atoms with Crippen molar-refractivity contribution in [3.05, 3.63) is 29.7 Å². The summed E-state index contributed by atoms with van der Waals surface area (Å²) in [7, 11) is 1.84. The van der Waals surface area contributed by atoms with E-state index in [1.54, 1.807) is 16.9 Å². The second kappa shape index (κ2) is 11.7. The zero-order valence-corrected chi connectivity index (χ0v) is 23.0. The number of aryl methyl sites for hydroxylation is 1. The second-order valence-electron chi connectivity index (χ2n) is 10.3. The molecule has 0 aromatic carbocycles. The Morgan fingerprint density at radius 2 is 2.02 bits per heavy atom. The molecular formula is C27H34N10O3. The third-order valence-corrected chi connectivity index (χ3v) is 7.45. The Bertz CT molecular complexity index is 1410. The topological polar surface area (TPSA) is 170 Å². The lowest BCUT2D eigenvalue weighted by Crippen LogP contribution is -2.36. The van der Waals surface area contributed by atoms with Crippen LogP contribution >= 0.6 is 0 Å². The molecule has 0 spiro atoms. The number of piperidine rings is 1. The highest BCUT2D eigenvalue weighted by Crippen LogP contribution is 2.38. The highest BCUT2D eigenvalue weighted by Gasteiger charge is 2.38. The first kappa shape index (κ1) is 27.1. The minimum absolute atomic E-state index is 0.0250. The Morgan fingerprint density at radius 1 is 1.23 bits per heavy atom. The number of anilines is 2. The van der Waals surface area contributed by atoms with E-state index in [-0.39, 0.29) is 29.4 Å². The number of ether oxygens (including phenoxy) is 2. The van der Waals surface area contributed by atoms with Gasteiger partial charge in [-0.25, -0.2) is 4.98 Å². The molecule has 3 aromatic heterocycles. The molecule has 1 aliphatic carbocycles. The van der Waals surface area contributed by atoms with E-state index in [0.717, 1.165) is 49.3 Å². The standard InChI is InChI=1S/C27H34N10O3/c1-4-30-26(38)21-11-23(33-27(32-21)40-15-20-9-18(20)12-28)37-7-5-17(6-8-37)14-39-22-10-19(13-31-25(22)29)24-16(2)36(3)35-34-24/h10-11,13,17-18,20H,4-9,14-15H2,1-3H3,(H2,29,31)(H,30,38)/t18-,20+/m0/s1. The summed E-state index contributed by atoms with van der Waals surface area (Å²) in [6.07, 6.45) is 4.25. The van der Waals surface area contributed by atoms with Gasteiger partial charge in [0.05, 0.1) is 30.9 Å². The van der Waals surface area contributed by atoms with Crippen molar-refractivity contribution in [2.45, 2.75) is 33.1 Å². The zero-order valence-electron chi connectivity index (χ0n) is 23.0. The second-order valence-corrected chi connectivity index (χ2v) is 10.3. The maximum atomic E-state index is 12.6. The van der Waals surface area contributed by atoms with Crippen LogP contribution in [0.3, 0.4) is 0 Å². The molecule has 3 N–H and O–H groups in total. The van der Waals surface area contributed by atoms with Crippen LogP contribution in [0, 0.1) is 36.0 Å². The fourth-order valence-corrected chi connectivity index (χ4v) is 4.69. The fraction of sp³-hybridized carbons (Fsp3) is 0.519. The third-order valence-electron chi connectivity index (χ3n) is 7.45. The van der Waals surface area contributed by atoms with Crippen molar-refractivity contribution in [1.29, 1.82) is 5.26 Å². The van der Waals surface area contributed by atoms with Gasteiger partial charge in [-0.15, -0.1) is 5.10 Å². The lowest BCUT2D eigenvalue weighted by Gasteiger charge is -2.32. The van der Waals surface area contributed by atoms with Crippen LogP contribution in [0.2, 0.25) is 0 Å². The van der Waals surface area contributed by atoms with Crippen molar-refractivity contribution in [2.75, 3.05) is 43.5 Å². The van der Waals surface area contributed by atoms with Gasteiger partial charge in [-0.3, -0.25) is 9.48 Å². The fourth-order valence-electron chi connectivity index (χ4n) is 4.69. The first-order valence-corrected chi connectivity index (χ1v) is 13.6. The van der Waals surface area contributed by atoms with E-state index in [1.165, 1.54) is 0 Å². The number of carbonyl (C=O) groups excluding carboxylic acids is 1. The molecule has 13 nitrogen and oxygen atoms in total. The maximum Gasteiger partial charge on any atom is 0.319 e. The summed E-state index contributed by atoms with van der Waals surface area (Å²) in [6.45, 7) is 6.65. The monoisotopic (exact) mass is 546 g/mol. The van der Waals surface area contributed by atoms with Gasteiger partial charge in [0.1, 0.15) is 17.2 Å². The molecule has 210 valence electrons. The van der Waals surface area contributed by atoms with Crippen molar-refractivity contribution in [1.82, 2.24) is 35.3 Å². The first-order valence-electron chi connectivity index (χ1n) is 13.6. The minimum atomic E-state index is -0.272. The van der Waals surface area contributed by atoms with Crippen molar-refractivity contribution < 1.29 is 14.3 Å². The maximum absolute atomic E-state index is 12.6. The molecule has 0 bridgehead atoms. The van der Waals surface area contributed by atoms with E-state index >= 15 is 0 Å². The van der Waals surface area contributed by atoms with Gasteiger partial charge >= 0.3 is 6.01 Å². The summed E-state index contributed by atoms with van der Waals surface area (Å²) in [6, 6.07) is 5.98. The predicted octanol–water partition coefficient (Wildman–Crippen LogP) is 2.14. The lowest BCUT2D eigenvalue weighted by atomic mass is 9.98. The summed E-state index contributed by atoms with van der Waals surface area (Å²) in [5, 5.41) is 20.1. The first-order chi connectivity index (χ1) is 19.4. The largest absolute Gasteiger partial charge is 0.489 e. The number of amides is 1. The van der Waals surface area contributed by atoms with Gasteiger partial charge in [0.15, 0.2) is 11.6 Å². The number of nitrogens with zero attached hydrogens (tertiary/aromatic N) is 8. The van der Waals surface area contributed by atoms with Crippen molar-refractivity contribution in [2.24, 2.45) is 24.8 Å². The van der Waals surface area contributed by atoms with Crippen molar-refractivity contribution in [3.63, 3.8) is 0 Å². The Labute approximate surface area is 232 Å². The molecule has 5 rings (SSSR count). The van der Waals surface area contributed by atoms with E-state index < -0.39 is 0 Å². The quantitative estimate of drug-likeness (QED) is 0.382. The Kier molecular flexibility index (Phi) is 7.95. The van der Waals surface area contributed by atoms with Crippen LogP contribution in [0.15, 0.2) is 18.3 Å². The number of nitriles is 1. The molecule has 4 heterocycles. The Morgan fingerprint density at radius 3 is 2.70 bits per heavy atom. The minimum Gasteiger partial charge on any atom is -0.489 e. The van der Waals surface area contributed by atoms with Crippen LogP contribution < -0.4 is 25.4 Å². The van der Waals surface area contributed by atoms with Crippen molar-refractivity contribution >= 4 is 17.5 Å². The molecule has 1 amide bonds. The molecule has 2 fully saturated rings. The predicted molar refractivity (Wildman–Crippen MR) is 147 cm³/mol. The summed E-state index contributed by atoms with van der Waals surface area (Å²) < 4.78 is 13.6. The number of rotatable bonds is 10. The van der Waals surface area contributed by atoms with Crippen LogP contribution in [0.1, 0.15) is 42.4 Å². The molecule has 0 radical (unpaired) electrons. The van der Waals surface area contributed by atoms with E-state index in [4.69, 9.17) is 20.5 Å². The average Bonchev–Trinajstić information content (AvgIpc) is 3.67. The number of nitrogen functional groups attached to an aromatic ring is 1. The lowest BCUT2D eigenvalue weighted by molar-refractivity contribution is 0.0949. The molecule has 1 aliphatic heterocycles. The van der Waals surface area contributed by atoms with E-state index in [1.807, 2.05) is 27.0 Å². The summed E-state index contributed by atoms with van der Waals surface area (Å²) in [4.78, 5) is 27.9. The molecule has 0 unspecified atom stereocenters. The normalized spacial score (nSPS) is 18.7. The van der Waals surface area contributed by atoms with Gasteiger partial charge < -0.3 is 25.4 Å². The van der Waals surface area contributed by atoms with Crippen LogP contribution in [0.4, 0.5) is 11.6 Å². The van der Waals surface area contributed by atoms with Crippen LogP contribution in [0.25, 0.3) is 11.3 Å². The molecule has 2 aliphatic rings. The average molecular weight is 547 g/mol. The number of nitrogens with one attached hydrogen (secondary N) is 1. The highest BCUT2D eigenvalue weighted by molar-refractivity contribution is 5.93. The number of hydrogen-bond donors (Lipinski definition) is 2. The van der Waals surface area contributed by atoms with E-state index in [9.17, 15) is 4.79 Å². The number of carbonyl (C=O) groups is 1. The number of pyridine rings is 1. The molecule has 2 atom stereocenters. The van der Waals surface area contributed by atoms with E-state index in [2.05, 4.69) is 41.5 Å². The number of aromatic nitrogens is 6. The van der Waals surface area contributed by atoms with Gasteiger partial charge in [0, 0.05) is 50.4 Å². The summed E-state index contributed by atoms with van der Waals surface area (Å²) >= 11 is 0.